The van der Waals surface area contributed by atoms with E-state index in [0.29, 0.717) is 6.54 Å². The van der Waals surface area contributed by atoms with Gasteiger partial charge in [-0.25, -0.2) is 4.79 Å². The van der Waals surface area contributed by atoms with Crippen molar-refractivity contribution in [2.24, 2.45) is 0 Å². The van der Waals surface area contributed by atoms with Gasteiger partial charge in [-0.2, -0.15) is 0 Å². The Balaban J connectivity index is 1.59. The van der Waals surface area contributed by atoms with E-state index in [1.54, 1.807) is 4.90 Å². The number of nitrogens with zero attached hydrogens (tertiary/aromatic N) is 1. The van der Waals surface area contributed by atoms with Crippen LogP contribution in [0.1, 0.15) is 28.3 Å². The predicted octanol–water partition coefficient (Wildman–Crippen LogP) is 4.76. The Kier molecular flexibility index (Phi) is 5.53. The first-order valence-electron chi connectivity index (χ1n) is 10.1. The Labute approximate surface area is 176 Å². The standard InChI is InChI=1S/C25H25N3O2/c1-17-12-13-18(2)21(16-17)26-25(30)27-23(20-9-4-3-5-10-20)24(29)28-15-14-19-8-6-7-11-22(19)28/h3-13,16,23H,14-15H2,1-2H3,(H2,26,27,30)/t23-/m0/s1. The lowest BCUT2D eigenvalue weighted by atomic mass is 10.1. The van der Waals surface area contributed by atoms with E-state index in [9.17, 15) is 9.59 Å². The summed E-state index contributed by atoms with van der Waals surface area (Å²) in [5.41, 5.74) is 5.58. The first-order valence-corrected chi connectivity index (χ1v) is 10.1. The maximum atomic E-state index is 13.5. The van der Waals surface area contributed by atoms with Gasteiger partial charge in [0.25, 0.3) is 5.91 Å². The van der Waals surface area contributed by atoms with Crippen LogP contribution in [0.15, 0.2) is 72.8 Å². The summed E-state index contributed by atoms with van der Waals surface area (Å²) in [6, 6.07) is 22.0. The van der Waals surface area contributed by atoms with Crippen molar-refractivity contribution in [1.82, 2.24) is 5.32 Å². The topological polar surface area (TPSA) is 61.4 Å². The van der Waals surface area contributed by atoms with Gasteiger partial charge < -0.3 is 15.5 Å². The molecule has 3 aromatic carbocycles. The molecular weight excluding hydrogens is 374 g/mol. The summed E-state index contributed by atoms with van der Waals surface area (Å²) in [7, 11) is 0. The van der Waals surface area contributed by atoms with Gasteiger partial charge in [-0.05, 0) is 54.7 Å². The molecule has 5 nitrogen and oxygen atoms in total. The number of rotatable bonds is 4. The molecule has 3 aromatic rings. The molecule has 0 radical (unpaired) electrons. The summed E-state index contributed by atoms with van der Waals surface area (Å²) >= 11 is 0. The van der Waals surface area contributed by atoms with Crippen LogP contribution in [0.3, 0.4) is 0 Å². The van der Waals surface area contributed by atoms with Crippen LogP contribution in [0, 0.1) is 13.8 Å². The maximum Gasteiger partial charge on any atom is 0.320 e. The minimum absolute atomic E-state index is 0.137. The molecule has 2 N–H and O–H groups in total. The molecule has 1 heterocycles. The zero-order valence-electron chi connectivity index (χ0n) is 17.2. The Hall–Kier alpha value is -3.60. The van der Waals surface area contributed by atoms with Crippen molar-refractivity contribution in [2.45, 2.75) is 26.3 Å². The van der Waals surface area contributed by atoms with Crippen LogP contribution in [0.2, 0.25) is 0 Å². The molecule has 1 atom stereocenters. The minimum Gasteiger partial charge on any atom is -0.322 e. The molecule has 0 aromatic heterocycles. The molecule has 3 amide bonds. The van der Waals surface area contributed by atoms with Gasteiger partial charge in [0.2, 0.25) is 0 Å². The highest BCUT2D eigenvalue weighted by atomic mass is 16.2. The Morgan fingerprint density at radius 1 is 0.933 bits per heavy atom. The first kappa shape index (κ1) is 19.7. The number of benzene rings is 3. The Morgan fingerprint density at radius 3 is 2.47 bits per heavy atom. The fourth-order valence-electron chi connectivity index (χ4n) is 3.82. The molecule has 0 saturated heterocycles. The van der Waals surface area contributed by atoms with Crippen LogP contribution in [-0.4, -0.2) is 18.5 Å². The van der Waals surface area contributed by atoms with E-state index in [1.807, 2.05) is 86.6 Å². The van der Waals surface area contributed by atoms with E-state index in [0.717, 1.165) is 40.0 Å². The highest BCUT2D eigenvalue weighted by molar-refractivity contribution is 6.02. The Bertz CT molecular complexity index is 1080. The molecule has 0 unspecified atom stereocenters. The summed E-state index contributed by atoms with van der Waals surface area (Å²) in [4.78, 5) is 28.1. The number of hydrogen-bond acceptors (Lipinski definition) is 2. The largest absolute Gasteiger partial charge is 0.322 e. The van der Waals surface area contributed by atoms with Gasteiger partial charge in [0, 0.05) is 17.9 Å². The monoisotopic (exact) mass is 399 g/mol. The van der Waals surface area contributed by atoms with E-state index in [2.05, 4.69) is 10.6 Å². The number of urea groups is 1. The summed E-state index contributed by atoms with van der Waals surface area (Å²) in [5, 5.41) is 5.79. The van der Waals surface area contributed by atoms with E-state index in [1.165, 1.54) is 0 Å². The van der Waals surface area contributed by atoms with E-state index in [-0.39, 0.29) is 5.91 Å². The van der Waals surface area contributed by atoms with Crippen LogP contribution in [0.4, 0.5) is 16.2 Å². The molecule has 1 aliphatic heterocycles. The van der Waals surface area contributed by atoms with Crippen molar-refractivity contribution >= 4 is 23.3 Å². The molecule has 152 valence electrons. The second kappa shape index (κ2) is 8.41. The third-order valence-corrected chi connectivity index (χ3v) is 5.45. The van der Waals surface area contributed by atoms with Gasteiger partial charge in [0.05, 0.1) is 0 Å². The molecule has 0 spiro atoms. The zero-order chi connectivity index (χ0) is 21.1. The molecule has 1 aliphatic rings. The normalized spacial score (nSPS) is 13.5. The zero-order valence-corrected chi connectivity index (χ0v) is 17.2. The third-order valence-electron chi connectivity index (χ3n) is 5.45. The molecule has 4 rings (SSSR count). The van der Waals surface area contributed by atoms with Crippen molar-refractivity contribution < 1.29 is 9.59 Å². The molecule has 0 bridgehead atoms. The van der Waals surface area contributed by atoms with E-state index >= 15 is 0 Å². The molecular formula is C25H25N3O2. The number of anilines is 2. The van der Waals surface area contributed by atoms with E-state index < -0.39 is 12.1 Å². The predicted molar refractivity (Wildman–Crippen MR) is 120 cm³/mol. The summed E-state index contributed by atoms with van der Waals surface area (Å²) in [6.07, 6.45) is 0.818. The second-order valence-corrected chi connectivity index (χ2v) is 7.63. The average Bonchev–Trinajstić information content (AvgIpc) is 3.19. The number of carbonyl (C=O) groups is 2. The van der Waals surface area contributed by atoms with Crippen molar-refractivity contribution in [3.63, 3.8) is 0 Å². The van der Waals surface area contributed by atoms with Crippen molar-refractivity contribution in [3.8, 4) is 0 Å². The quantitative estimate of drug-likeness (QED) is 0.665. The maximum absolute atomic E-state index is 13.5. The fourth-order valence-corrected chi connectivity index (χ4v) is 3.82. The lowest BCUT2D eigenvalue weighted by molar-refractivity contribution is -0.120. The van der Waals surface area contributed by atoms with Crippen LogP contribution in [0.25, 0.3) is 0 Å². The summed E-state index contributed by atoms with van der Waals surface area (Å²) < 4.78 is 0. The molecule has 0 aliphatic carbocycles. The number of para-hydroxylation sites is 1. The number of hydrogen-bond donors (Lipinski definition) is 2. The van der Waals surface area contributed by atoms with Crippen LogP contribution >= 0.6 is 0 Å². The molecule has 30 heavy (non-hydrogen) atoms. The summed E-state index contributed by atoms with van der Waals surface area (Å²) in [6.45, 7) is 4.53. The van der Waals surface area contributed by atoms with Gasteiger partial charge in [-0.1, -0.05) is 60.7 Å². The average molecular weight is 399 g/mol. The lowest BCUT2D eigenvalue weighted by Crippen LogP contribution is -2.44. The van der Waals surface area contributed by atoms with Crippen LogP contribution in [-0.2, 0) is 11.2 Å². The minimum atomic E-state index is -0.775. The van der Waals surface area contributed by atoms with Gasteiger partial charge in [0.1, 0.15) is 6.04 Å². The highest BCUT2D eigenvalue weighted by Gasteiger charge is 2.32. The Morgan fingerprint density at radius 2 is 1.67 bits per heavy atom. The summed E-state index contributed by atoms with van der Waals surface area (Å²) in [5.74, 6) is -0.137. The number of fused-ring (bicyclic) bond motifs is 1. The molecule has 5 heteroatoms. The van der Waals surface area contributed by atoms with Gasteiger partial charge >= 0.3 is 6.03 Å². The number of carbonyl (C=O) groups excluding carboxylic acids is 2. The number of nitrogens with one attached hydrogen (secondary N) is 2. The number of aryl methyl sites for hydroxylation is 2. The lowest BCUT2D eigenvalue weighted by Gasteiger charge is -2.25. The smallest absolute Gasteiger partial charge is 0.320 e. The van der Waals surface area contributed by atoms with E-state index in [4.69, 9.17) is 0 Å². The van der Waals surface area contributed by atoms with Crippen molar-refractivity contribution in [2.75, 3.05) is 16.8 Å². The molecule has 0 fully saturated rings. The van der Waals surface area contributed by atoms with Crippen LogP contribution in [0.5, 0.6) is 0 Å². The number of amides is 3. The molecule has 0 saturated carbocycles. The third kappa shape index (κ3) is 4.06. The van der Waals surface area contributed by atoms with Gasteiger partial charge in [-0.3, -0.25) is 4.79 Å². The first-order chi connectivity index (χ1) is 14.5. The van der Waals surface area contributed by atoms with Gasteiger partial charge in [0.15, 0.2) is 0 Å². The SMILES string of the molecule is Cc1ccc(C)c(NC(=O)N[C@H](C(=O)N2CCc3ccccc32)c2ccccc2)c1. The van der Waals surface area contributed by atoms with Crippen molar-refractivity contribution in [3.05, 3.63) is 95.1 Å². The van der Waals surface area contributed by atoms with Gasteiger partial charge in [-0.15, -0.1) is 0 Å². The highest BCUT2D eigenvalue weighted by Crippen LogP contribution is 2.30. The van der Waals surface area contributed by atoms with Crippen molar-refractivity contribution in [1.29, 1.82) is 0 Å². The fraction of sp³-hybridized carbons (Fsp3) is 0.200. The van der Waals surface area contributed by atoms with Crippen LogP contribution < -0.4 is 15.5 Å². The second-order valence-electron chi connectivity index (χ2n) is 7.63.